The molecule has 0 aliphatic rings. The van der Waals surface area contributed by atoms with Crippen LogP contribution in [0.2, 0.25) is 0 Å². The molecule has 0 aromatic heterocycles. The van der Waals surface area contributed by atoms with Crippen molar-refractivity contribution in [3.63, 3.8) is 0 Å². The van der Waals surface area contributed by atoms with E-state index in [1.165, 1.54) is 0 Å². The summed E-state index contributed by atoms with van der Waals surface area (Å²) >= 11 is 0. The normalized spacial score (nSPS) is 16.8. The molecule has 10 heavy (non-hydrogen) atoms. The maximum atomic E-state index is 12.5. The fourth-order valence-corrected chi connectivity index (χ4v) is 0.786. The quantitative estimate of drug-likeness (QED) is 0.631. The van der Waals surface area contributed by atoms with Crippen LogP contribution in [0.1, 0.15) is 32.6 Å². The summed E-state index contributed by atoms with van der Waals surface area (Å²) in [5, 5.41) is 9.03. The van der Waals surface area contributed by atoms with Gasteiger partial charge in [-0.2, -0.15) is 0 Å². The average Bonchev–Trinajstić information content (AvgIpc) is 1.98. The monoisotopic (exact) mass is 147 g/mol. The number of halogens is 1. The van der Waals surface area contributed by atoms with Crippen LogP contribution in [-0.4, -0.2) is 17.4 Å². The van der Waals surface area contributed by atoms with E-state index in [-0.39, 0.29) is 6.42 Å². The van der Waals surface area contributed by atoms with Gasteiger partial charge in [-0.1, -0.05) is 26.7 Å². The number of hydrogen-bond donors (Lipinski definition) is 1. The van der Waals surface area contributed by atoms with Crippen molar-refractivity contribution in [2.75, 3.05) is 0 Å². The van der Waals surface area contributed by atoms with Crippen molar-refractivity contribution in [2.24, 2.45) is 0 Å². The molecule has 1 N–H and O–H groups in total. The van der Waals surface area contributed by atoms with Crippen molar-refractivity contribution in [3.8, 4) is 0 Å². The highest BCUT2D eigenvalue weighted by Gasteiger charge is 2.14. The Bertz CT molecular complexity index is 75.7. The van der Waals surface area contributed by atoms with Crippen LogP contribution in [-0.2, 0) is 0 Å². The molecule has 2 atom stereocenters. The van der Waals surface area contributed by atoms with E-state index < -0.39 is 12.3 Å². The zero-order chi connectivity index (χ0) is 7.98. The van der Waals surface area contributed by atoms with Crippen molar-refractivity contribution in [1.29, 1.82) is 0 Å². The molecule has 0 rings (SSSR count). The van der Waals surface area contributed by atoms with Gasteiger partial charge in [-0.15, -0.1) is 0 Å². The van der Waals surface area contributed by atoms with Crippen molar-refractivity contribution in [1.82, 2.24) is 0 Å². The van der Waals surface area contributed by atoms with E-state index in [0.717, 1.165) is 12.8 Å². The lowest BCUT2D eigenvalue weighted by atomic mass is 10.1. The Balaban J connectivity index is 3.31. The fraction of sp³-hybridized carbons (Fsp3) is 0.875. The number of hydrogen-bond acceptors (Lipinski definition) is 1. The molecule has 2 heteroatoms. The Kier molecular flexibility index (Phi) is 5.60. The van der Waals surface area contributed by atoms with Gasteiger partial charge in [-0.05, 0) is 12.8 Å². The smallest absolute Gasteiger partial charge is 0.126 e. The van der Waals surface area contributed by atoms with E-state index in [9.17, 15) is 4.39 Å². The third kappa shape index (κ3) is 3.83. The van der Waals surface area contributed by atoms with Gasteiger partial charge < -0.3 is 5.11 Å². The summed E-state index contributed by atoms with van der Waals surface area (Å²) in [4.78, 5) is 0. The maximum Gasteiger partial charge on any atom is 0.126 e. The molecular formula is C8H16FO. The Hall–Kier alpha value is -0.110. The summed E-state index contributed by atoms with van der Waals surface area (Å²) in [5.74, 6) is 0. The van der Waals surface area contributed by atoms with Crippen LogP contribution in [0.5, 0.6) is 0 Å². The van der Waals surface area contributed by atoms with Crippen LogP contribution in [0, 0.1) is 6.92 Å². The van der Waals surface area contributed by atoms with Crippen molar-refractivity contribution >= 4 is 0 Å². The van der Waals surface area contributed by atoms with E-state index in [2.05, 4.69) is 6.92 Å². The topological polar surface area (TPSA) is 20.2 Å². The largest absolute Gasteiger partial charge is 0.390 e. The second-order valence-electron chi connectivity index (χ2n) is 2.51. The molecule has 0 heterocycles. The van der Waals surface area contributed by atoms with Gasteiger partial charge in [-0.3, -0.25) is 0 Å². The molecule has 0 fully saturated rings. The highest BCUT2D eigenvalue weighted by Crippen LogP contribution is 2.09. The van der Waals surface area contributed by atoms with E-state index in [4.69, 9.17) is 5.11 Å². The van der Waals surface area contributed by atoms with Crippen LogP contribution in [0.25, 0.3) is 0 Å². The molecular weight excluding hydrogens is 131 g/mol. The molecule has 0 aliphatic heterocycles. The minimum atomic E-state index is -1.13. The molecule has 1 nitrogen and oxygen atoms in total. The van der Waals surface area contributed by atoms with Gasteiger partial charge in [0.05, 0.1) is 6.10 Å². The van der Waals surface area contributed by atoms with Crippen LogP contribution < -0.4 is 0 Å². The summed E-state index contributed by atoms with van der Waals surface area (Å²) in [6.45, 7) is 5.40. The number of alkyl halides is 1. The molecule has 1 radical (unpaired) electrons. The Morgan fingerprint density at radius 3 is 2.60 bits per heavy atom. The fourth-order valence-electron chi connectivity index (χ4n) is 0.786. The van der Waals surface area contributed by atoms with Crippen LogP contribution in [0.4, 0.5) is 4.39 Å². The Morgan fingerprint density at radius 1 is 1.60 bits per heavy atom. The summed E-state index contributed by atoms with van der Waals surface area (Å²) in [7, 11) is 0. The average molecular weight is 147 g/mol. The molecule has 2 unspecified atom stereocenters. The van der Waals surface area contributed by atoms with Gasteiger partial charge in [0.25, 0.3) is 0 Å². The van der Waals surface area contributed by atoms with E-state index in [1.54, 1.807) is 0 Å². The zero-order valence-electron chi connectivity index (χ0n) is 6.52. The Labute approximate surface area is 62.3 Å². The summed E-state index contributed by atoms with van der Waals surface area (Å²) in [6, 6.07) is 0. The predicted octanol–water partition coefficient (Wildman–Crippen LogP) is 2.10. The minimum absolute atomic E-state index is 0.172. The number of rotatable bonds is 5. The van der Waals surface area contributed by atoms with Gasteiger partial charge in [0, 0.05) is 0 Å². The lowest BCUT2D eigenvalue weighted by Gasteiger charge is -2.12. The lowest BCUT2D eigenvalue weighted by Crippen LogP contribution is -2.20. The SMILES string of the molecule is [CH2]CC(F)C(O)CCCC. The van der Waals surface area contributed by atoms with Gasteiger partial charge >= 0.3 is 0 Å². The van der Waals surface area contributed by atoms with Crippen molar-refractivity contribution < 1.29 is 9.50 Å². The van der Waals surface area contributed by atoms with Gasteiger partial charge in [-0.25, -0.2) is 4.39 Å². The van der Waals surface area contributed by atoms with E-state index >= 15 is 0 Å². The standard InChI is InChI=1S/C8H16FO/c1-3-5-6-8(10)7(9)4-2/h7-8,10H,2-6H2,1H3. The van der Waals surface area contributed by atoms with Gasteiger partial charge in [0.1, 0.15) is 6.17 Å². The van der Waals surface area contributed by atoms with Gasteiger partial charge in [0.2, 0.25) is 0 Å². The van der Waals surface area contributed by atoms with Crippen molar-refractivity contribution in [2.45, 2.75) is 44.9 Å². The molecule has 0 saturated heterocycles. The zero-order valence-corrected chi connectivity index (χ0v) is 6.52. The second kappa shape index (κ2) is 5.66. The lowest BCUT2D eigenvalue weighted by molar-refractivity contribution is 0.0700. The summed E-state index contributed by atoms with van der Waals surface area (Å²) in [6.07, 6.45) is 0.699. The first-order valence-electron chi connectivity index (χ1n) is 3.83. The predicted molar refractivity (Wildman–Crippen MR) is 40.4 cm³/mol. The number of aliphatic hydroxyl groups is 1. The molecule has 0 amide bonds. The molecule has 0 aromatic carbocycles. The van der Waals surface area contributed by atoms with Crippen molar-refractivity contribution in [3.05, 3.63) is 6.92 Å². The van der Waals surface area contributed by atoms with E-state index in [0.29, 0.717) is 6.42 Å². The first-order valence-corrected chi connectivity index (χ1v) is 3.83. The molecule has 0 spiro atoms. The highest BCUT2D eigenvalue weighted by molar-refractivity contribution is 4.67. The molecule has 0 aliphatic carbocycles. The third-order valence-corrected chi connectivity index (χ3v) is 1.55. The third-order valence-electron chi connectivity index (χ3n) is 1.55. The van der Waals surface area contributed by atoms with E-state index in [1.807, 2.05) is 6.92 Å². The first kappa shape index (κ1) is 9.89. The maximum absolute atomic E-state index is 12.5. The molecule has 0 saturated carbocycles. The van der Waals surface area contributed by atoms with Crippen LogP contribution in [0.15, 0.2) is 0 Å². The molecule has 0 aromatic rings. The van der Waals surface area contributed by atoms with Crippen LogP contribution >= 0.6 is 0 Å². The first-order chi connectivity index (χ1) is 4.72. The highest BCUT2D eigenvalue weighted by atomic mass is 19.1. The number of aliphatic hydroxyl groups excluding tert-OH is 1. The van der Waals surface area contributed by atoms with Crippen LogP contribution in [0.3, 0.4) is 0 Å². The Morgan fingerprint density at radius 2 is 2.20 bits per heavy atom. The summed E-state index contributed by atoms with van der Waals surface area (Å²) < 4.78 is 12.5. The molecule has 0 bridgehead atoms. The van der Waals surface area contributed by atoms with Gasteiger partial charge in [0.15, 0.2) is 0 Å². The summed E-state index contributed by atoms with van der Waals surface area (Å²) in [5.41, 5.74) is 0. The number of unbranched alkanes of at least 4 members (excludes halogenated alkanes) is 1. The second-order valence-corrected chi connectivity index (χ2v) is 2.51. The molecule has 61 valence electrons. The minimum Gasteiger partial charge on any atom is -0.390 e.